The first kappa shape index (κ1) is 24.0. The standard InChI is InChI=1S/C46H37N3O/c1-29-22-32(4)45(50)41(23-29)46-48-44-40(16-11-17-43(44)49(46)39-14-9-6-10-15-39)37-25-36(33-12-7-5-8-13-33)26-38(27-37)42-28-35(20-21-47-42)34-19-18-30(2)31(3)24-34/h5-28,50H,1-4H3/i2D3,18D,19D,24D,28D. The first-order valence-electron chi connectivity index (χ1n) is 19.9. The van der Waals surface area contributed by atoms with Crippen molar-refractivity contribution in [1.29, 1.82) is 0 Å². The van der Waals surface area contributed by atoms with Gasteiger partial charge < -0.3 is 5.11 Å². The fraction of sp³-hybridized carbons (Fsp3) is 0.0870. The van der Waals surface area contributed by atoms with Crippen LogP contribution in [-0.2, 0) is 0 Å². The van der Waals surface area contributed by atoms with Crippen LogP contribution in [0.3, 0.4) is 0 Å². The van der Waals surface area contributed by atoms with Gasteiger partial charge in [0.05, 0.1) is 27.8 Å². The molecule has 0 atom stereocenters. The molecule has 1 N–H and O–H groups in total. The molecule has 0 amide bonds. The highest BCUT2D eigenvalue weighted by molar-refractivity contribution is 5.97. The third-order valence-corrected chi connectivity index (χ3v) is 8.98. The van der Waals surface area contributed by atoms with E-state index in [2.05, 4.69) is 15.6 Å². The van der Waals surface area contributed by atoms with E-state index in [4.69, 9.17) is 13.2 Å². The molecule has 6 aromatic carbocycles. The highest BCUT2D eigenvalue weighted by Gasteiger charge is 2.21. The lowest BCUT2D eigenvalue weighted by atomic mass is 9.93. The SMILES string of the molecule is [2H]c1c(-c2c([2H])c([2H])c(C([2H])([2H])[2H])c(C)c2[2H])ccnc1-c1cc(-c2ccccc2)cc(-c2cccc3c2nc(-c2cc(C)cc(C)c2O)n3-c2ccccc2)c1. The van der Waals surface area contributed by atoms with Gasteiger partial charge in [-0.2, -0.15) is 0 Å². The molecule has 0 bridgehead atoms. The highest BCUT2D eigenvalue weighted by Crippen LogP contribution is 2.41. The molecule has 50 heavy (non-hydrogen) atoms. The summed E-state index contributed by atoms with van der Waals surface area (Å²) in [6.07, 6.45) is 1.51. The third kappa shape index (κ3) is 5.65. The van der Waals surface area contributed by atoms with Gasteiger partial charge in [0.2, 0.25) is 0 Å². The minimum Gasteiger partial charge on any atom is -0.507 e. The van der Waals surface area contributed by atoms with E-state index in [0.29, 0.717) is 22.5 Å². The normalized spacial score (nSPS) is 13.5. The number of aromatic hydroxyl groups is 1. The fourth-order valence-corrected chi connectivity index (χ4v) is 6.51. The average molecular weight is 655 g/mol. The van der Waals surface area contributed by atoms with E-state index in [9.17, 15) is 6.48 Å². The molecule has 0 radical (unpaired) electrons. The Morgan fingerprint density at radius 1 is 0.620 bits per heavy atom. The molecule has 0 spiro atoms. The van der Waals surface area contributed by atoms with Gasteiger partial charge in [0.25, 0.3) is 0 Å². The van der Waals surface area contributed by atoms with Gasteiger partial charge in [-0.25, -0.2) is 4.98 Å². The molecule has 0 saturated carbocycles. The first-order valence-corrected chi connectivity index (χ1v) is 16.4. The van der Waals surface area contributed by atoms with Crippen molar-refractivity contribution in [1.82, 2.24) is 14.5 Å². The van der Waals surface area contributed by atoms with Crippen molar-refractivity contribution in [3.05, 3.63) is 168 Å². The van der Waals surface area contributed by atoms with Crippen molar-refractivity contribution in [2.75, 3.05) is 0 Å². The summed E-state index contributed by atoms with van der Waals surface area (Å²) >= 11 is 0. The average Bonchev–Trinajstić information content (AvgIpc) is 3.59. The molecule has 8 aromatic rings. The van der Waals surface area contributed by atoms with E-state index in [-0.39, 0.29) is 45.8 Å². The van der Waals surface area contributed by atoms with Crippen LogP contribution in [-0.4, -0.2) is 19.6 Å². The zero-order valence-corrected chi connectivity index (χ0v) is 27.8. The maximum Gasteiger partial charge on any atom is 0.149 e. The summed E-state index contributed by atoms with van der Waals surface area (Å²) in [7, 11) is 0. The van der Waals surface area contributed by atoms with Crippen LogP contribution in [0.2, 0.25) is 0 Å². The number of phenols is 1. The summed E-state index contributed by atoms with van der Waals surface area (Å²) < 4.78 is 61.7. The summed E-state index contributed by atoms with van der Waals surface area (Å²) in [4.78, 5) is 9.92. The predicted octanol–water partition coefficient (Wildman–Crippen LogP) is 11.7. The van der Waals surface area contributed by atoms with E-state index in [1.54, 1.807) is 0 Å². The number of aromatic nitrogens is 3. The van der Waals surface area contributed by atoms with Crippen LogP contribution in [0.5, 0.6) is 5.75 Å². The van der Waals surface area contributed by atoms with Gasteiger partial charge in [0, 0.05) is 27.1 Å². The van der Waals surface area contributed by atoms with Crippen LogP contribution in [0.25, 0.3) is 72.7 Å². The second-order valence-electron chi connectivity index (χ2n) is 12.5. The van der Waals surface area contributed by atoms with Gasteiger partial charge in [-0.3, -0.25) is 9.55 Å². The van der Waals surface area contributed by atoms with E-state index in [1.807, 2.05) is 117 Å². The van der Waals surface area contributed by atoms with Gasteiger partial charge in [0.15, 0.2) is 0 Å². The lowest BCUT2D eigenvalue weighted by Crippen LogP contribution is -1.98. The number of para-hydroxylation sites is 2. The van der Waals surface area contributed by atoms with Crippen LogP contribution in [0.1, 0.15) is 31.8 Å². The zero-order valence-electron chi connectivity index (χ0n) is 34.8. The smallest absolute Gasteiger partial charge is 0.149 e. The minimum atomic E-state index is -2.67. The third-order valence-electron chi connectivity index (χ3n) is 8.98. The van der Waals surface area contributed by atoms with Gasteiger partial charge >= 0.3 is 0 Å². The largest absolute Gasteiger partial charge is 0.507 e. The van der Waals surface area contributed by atoms with Crippen molar-refractivity contribution in [3.63, 3.8) is 0 Å². The predicted molar refractivity (Wildman–Crippen MR) is 207 cm³/mol. The summed E-state index contributed by atoms with van der Waals surface area (Å²) in [6, 6.07) is 35.9. The molecule has 0 aliphatic carbocycles. The number of aryl methyl sites for hydroxylation is 2. The molecule has 4 nitrogen and oxygen atoms in total. The summed E-state index contributed by atoms with van der Waals surface area (Å²) in [5.74, 6) is 0.741. The Bertz CT molecular complexity index is 2840. The Hall–Kier alpha value is -6.26. The van der Waals surface area contributed by atoms with E-state index in [1.165, 1.54) is 19.2 Å². The van der Waals surface area contributed by atoms with Crippen molar-refractivity contribution < 1.29 is 14.7 Å². The zero-order chi connectivity index (χ0) is 40.3. The fourth-order valence-electron chi connectivity index (χ4n) is 6.51. The number of rotatable bonds is 6. The Balaban J connectivity index is 1.38. The Kier molecular flexibility index (Phi) is 6.06. The number of imidazole rings is 1. The molecule has 2 heterocycles. The van der Waals surface area contributed by atoms with Gasteiger partial charge in [0.1, 0.15) is 11.6 Å². The Labute approximate surface area is 302 Å². The molecule has 4 heteroatoms. The molecule has 0 saturated heterocycles. The van der Waals surface area contributed by atoms with Gasteiger partial charge in [-0.05, 0) is 132 Å². The maximum absolute atomic E-state index is 11.4. The van der Waals surface area contributed by atoms with Crippen LogP contribution >= 0.6 is 0 Å². The first-order chi connectivity index (χ1) is 27.2. The molecule has 0 aliphatic rings. The van der Waals surface area contributed by atoms with Crippen molar-refractivity contribution in [3.8, 4) is 67.5 Å². The molecule has 0 unspecified atom stereocenters. The lowest BCUT2D eigenvalue weighted by Gasteiger charge is -2.13. The molecule has 0 fully saturated rings. The minimum absolute atomic E-state index is 0.0111. The second-order valence-corrected chi connectivity index (χ2v) is 12.5. The van der Waals surface area contributed by atoms with Crippen LogP contribution in [0.15, 0.2) is 146 Å². The monoisotopic (exact) mass is 654 g/mol. The number of hydrogen-bond donors (Lipinski definition) is 1. The van der Waals surface area contributed by atoms with Crippen LogP contribution in [0, 0.1) is 27.6 Å². The van der Waals surface area contributed by atoms with E-state index >= 15 is 0 Å². The summed E-state index contributed by atoms with van der Waals surface area (Å²) in [5.41, 5.74) is 9.00. The lowest BCUT2D eigenvalue weighted by molar-refractivity contribution is 0.472. The second kappa shape index (κ2) is 12.6. The van der Waals surface area contributed by atoms with Crippen LogP contribution < -0.4 is 0 Å². The quantitative estimate of drug-likeness (QED) is 0.194. The number of nitrogens with zero attached hydrogens (tertiary/aromatic N) is 3. The number of phenolic OH excluding ortho intramolecular Hbond substituents is 1. The number of fused-ring (bicyclic) bond motifs is 1. The van der Waals surface area contributed by atoms with Gasteiger partial charge in [-0.1, -0.05) is 84.9 Å². The van der Waals surface area contributed by atoms with Gasteiger partial charge in [-0.15, -0.1) is 0 Å². The van der Waals surface area contributed by atoms with Crippen LogP contribution in [0.4, 0.5) is 0 Å². The number of benzene rings is 6. The molecule has 2 aromatic heterocycles. The molecular formula is C46H37N3O. The Morgan fingerprint density at radius 2 is 1.38 bits per heavy atom. The molecule has 8 rings (SSSR count). The Morgan fingerprint density at radius 3 is 2.18 bits per heavy atom. The van der Waals surface area contributed by atoms with E-state index in [0.717, 1.165) is 44.6 Å². The molecule has 0 aliphatic heterocycles. The maximum atomic E-state index is 11.4. The summed E-state index contributed by atoms with van der Waals surface area (Å²) in [5, 5.41) is 11.4. The number of pyridine rings is 1. The molecular weight excluding hydrogens is 611 g/mol. The van der Waals surface area contributed by atoms with Crippen molar-refractivity contribution >= 4 is 11.0 Å². The van der Waals surface area contributed by atoms with Crippen molar-refractivity contribution in [2.24, 2.45) is 0 Å². The van der Waals surface area contributed by atoms with E-state index < -0.39 is 18.9 Å². The summed E-state index contributed by atoms with van der Waals surface area (Å²) in [6.45, 7) is 2.67. The topological polar surface area (TPSA) is 50.9 Å². The number of hydrogen-bond acceptors (Lipinski definition) is 3. The van der Waals surface area contributed by atoms with Crippen molar-refractivity contribution in [2.45, 2.75) is 27.6 Å². The molecule has 242 valence electrons. The highest BCUT2D eigenvalue weighted by atomic mass is 16.3.